The van der Waals surface area contributed by atoms with Crippen LogP contribution in [0.15, 0.2) is 72.2 Å². The summed E-state index contributed by atoms with van der Waals surface area (Å²) >= 11 is 7.61. The van der Waals surface area contributed by atoms with Gasteiger partial charge in [-0.1, -0.05) is 84.3 Å². The molecule has 3 atom stereocenters. The summed E-state index contributed by atoms with van der Waals surface area (Å²) in [5.41, 5.74) is 3.99. The van der Waals surface area contributed by atoms with E-state index in [0.717, 1.165) is 41.0 Å². The lowest BCUT2D eigenvalue weighted by molar-refractivity contribution is -0.164. The molecule has 2 fully saturated rings. The molecule has 1 unspecified atom stereocenters. The van der Waals surface area contributed by atoms with Crippen LogP contribution in [0.3, 0.4) is 0 Å². The molecule has 4 aromatic rings. The van der Waals surface area contributed by atoms with E-state index in [2.05, 4.69) is 66.1 Å². The van der Waals surface area contributed by atoms with E-state index in [1.165, 1.54) is 16.2 Å². The van der Waals surface area contributed by atoms with E-state index in [4.69, 9.17) is 21.1 Å². The minimum atomic E-state index is -0.969. The highest BCUT2D eigenvalue weighted by Crippen LogP contribution is 2.55. The first-order chi connectivity index (χ1) is 32.2. The van der Waals surface area contributed by atoms with Crippen LogP contribution in [0.1, 0.15) is 101 Å². The van der Waals surface area contributed by atoms with Crippen molar-refractivity contribution in [3.63, 3.8) is 0 Å². The molecule has 17 heteroatoms. The first-order valence-corrected chi connectivity index (χ1v) is 24.1. The second kappa shape index (κ2) is 21.9. The van der Waals surface area contributed by atoms with Crippen molar-refractivity contribution in [3.05, 3.63) is 99.6 Å². The predicted octanol–water partition coefficient (Wildman–Crippen LogP) is 7.23. The van der Waals surface area contributed by atoms with Gasteiger partial charge >= 0.3 is 0 Å². The molecule has 1 aliphatic carbocycles. The minimum Gasteiger partial charge on any atom is -0.489 e. The smallest absolute Gasteiger partial charge is 0.251 e. The maximum absolute atomic E-state index is 14.0. The van der Waals surface area contributed by atoms with Gasteiger partial charge in [-0.3, -0.25) is 19.2 Å². The van der Waals surface area contributed by atoms with Crippen molar-refractivity contribution in [3.8, 4) is 28.3 Å². The van der Waals surface area contributed by atoms with Crippen molar-refractivity contribution >= 4 is 52.3 Å². The number of anilines is 1. The molecular weight excluding hydrogens is 904 g/mol. The average Bonchev–Trinajstić information content (AvgIpc) is 3.95. The molecule has 68 heavy (non-hydrogen) atoms. The summed E-state index contributed by atoms with van der Waals surface area (Å²) in [5, 5.41) is 41.7. The Bertz CT molecular complexity index is 2510. The van der Waals surface area contributed by atoms with Crippen LogP contribution in [0.25, 0.3) is 10.4 Å². The summed E-state index contributed by atoms with van der Waals surface area (Å²) in [6.07, 6.45) is 1.39. The fraction of sp³-hybridized carbons (Fsp3) is 0.471. The van der Waals surface area contributed by atoms with Crippen molar-refractivity contribution in [2.24, 2.45) is 16.2 Å². The zero-order valence-corrected chi connectivity index (χ0v) is 41.2. The van der Waals surface area contributed by atoms with Gasteiger partial charge in [0.25, 0.3) is 5.91 Å². The molecule has 5 N–H and O–H groups in total. The third-order valence-corrected chi connectivity index (χ3v) is 13.9. The maximum atomic E-state index is 14.0. The minimum absolute atomic E-state index is 0.0338. The molecule has 4 amide bonds. The molecular formula is C51H61ClN8O7S. The number of aliphatic hydroxyl groups is 1. The SMILES string of the molecule is CC(C)(C)C(NC(=O)COCCCCCNc1ccc(C(=O)N[C@H]2C(C)(C)[C@H](Oc3ccc(C#N)c(Cl)c3)C2(C)C)cc1)C(=O)N1C[C@H](O)C[C@H]1C(=O)NCc1ccc(-c2scnc2C#N)cc1. The number of rotatable bonds is 19. The number of hydrogen-bond acceptors (Lipinski definition) is 12. The lowest BCUT2D eigenvalue weighted by Gasteiger charge is -2.63. The normalized spacial score (nSPS) is 19.7. The number of likely N-dealkylation sites (tertiary alicyclic amines) is 1. The van der Waals surface area contributed by atoms with E-state index in [0.29, 0.717) is 40.7 Å². The summed E-state index contributed by atoms with van der Waals surface area (Å²) in [5.74, 6) is -0.906. The largest absolute Gasteiger partial charge is 0.489 e. The van der Waals surface area contributed by atoms with E-state index in [-0.39, 0.29) is 55.0 Å². The fourth-order valence-electron chi connectivity index (χ4n) is 9.39. The summed E-state index contributed by atoms with van der Waals surface area (Å²) in [6.45, 7) is 14.7. The Kier molecular flexibility index (Phi) is 16.6. The molecule has 2 aliphatic rings. The molecule has 3 aromatic carbocycles. The topological polar surface area (TPSA) is 219 Å². The highest BCUT2D eigenvalue weighted by Gasteiger charge is 2.64. The van der Waals surface area contributed by atoms with Gasteiger partial charge in [-0.2, -0.15) is 10.5 Å². The summed E-state index contributed by atoms with van der Waals surface area (Å²) in [7, 11) is 0. The Balaban J connectivity index is 0.880. The number of carbonyl (C=O) groups excluding carboxylic acids is 4. The number of benzene rings is 3. The van der Waals surface area contributed by atoms with Gasteiger partial charge in [0.2, 0.25) is 17.7 Å². The number of amides is 4. The van der Waals surface area contributed by atoms with Crippen LogP contribution in [0.4, 0.5) is 5.69 Å². The molecule has 360 valence electrons. The summed E-state index contributed by atoms with van der Waals surface area (Å²) in [6, 6.07) is 21.9. The van der Waals surface area contributed by atoms with E-state index in [1.54, 1.807) is 35.8 Å². The van der Waals surface area contributed by atoms with Crippen LogP contribution in [0.2, 0.25) is 5.02 Å². The van der Waals surface area contributed by atoms with Crippen molar-refractivity contribution in [2.75, 3.05) is 31.6 Å². The van der Waals surface area contributed by atoms with Crippen LogP contribution in [0, 0.1) is 38.9 Å². The number of aromatic nitrogens is 1. The molecule has 15 nitrogen and oxygen atoms in total. The van der Waals surface area contributed by atoms with Crippen LogP contribution >= 0.6 is 22.9 Å². The third kappa shape index (κ3) is 12.2. The number of unbranched alkanes of at least 4 members (excludes halogenated alkanes) is 2. The van der Waals surface area contributed by atoms with Gasteiger partial charge in [-0.15, -0.1) is 11.3 Å². The number of carbonyl (C=O) groups is 4. The molecule has 6 rings (SSSR count). The predicted molar refractivity (Wildman–Crippen MR) is 261 cm³/mol. The first-order valence-electron chi connectivity index (χ1n) is 22.8. The molecule has 2 heterocycles. The van der Waals surface area contributed by atoms with Crippen molar-refractivity contribution in [1.29, 1.82) is 10.5 Å². The highest BCUT2D eigenvalue weighted by molar-refractivity contribution is 7.13. The van der Waals surface area contributed by atoms with Gasteiger partial charge in [0.1, 0.15) is 42.7 Å². The Morgan fingerprint density at radius 3 is 2.32 bits per heavy atom. The molecule has 1 aliphatic heterocycles. The van der Waals surface area contributed by atoms with Crippen molar-refractivity contribution in [1.82, 2.24) is 25.8 Å². The Hall–Kier alpha value is -6.04. The average molecular weight is 966 g/mol. The molecule has 1 aromatic heterocycles. The van der Waals surface area contributed by atoms with E-state index in [9.17, 15) is 34.8 Å². The van der Waals surface area contributed by atoms with E-state index >= 15 is 0 Å². The Labute approximate surface area is 407 Å². The van der Waals surface area contributed by atoms with Gasteiger partial charge in [0, 0.05) is 66.9 Å². The first kappa shape index (κ1) is 51.4. The number of nitriles is 2. The number of ether oxygens (including phenoxy) is 2. The zero-order valence-electron chi connectivity index (χ0n) is 39.7. The van der Waals surface area contributed by atoms with Crippen molar-refractivity contribution < 1.29 is 33.8 Å². The van der Waals surface area contributed by atoms with E-state index < -0.39 is 41.3 Å². The van der Waals surface area contributed by atoms with Gasteiger partial charge in [-0.05, 0) is 72.2 Å². The standard InChI is InChI=1S/C51H61ClN8O7S/c1-49(2,3)43(46(65)60-28-36(61)23-40(60)45(64)56-27-31-11-13-32(14-12-31)42-39(26-54)57-30-68-42)58-41(62)29-66-22-10-8-9-21-55-35-18-15-33(16-19-35)44(63)59-47-50(4,5)48(51(47,6)7)67-37-20-17-34(25-53)38(52)24-37/h11-20,24,30,36,40,43,47-48,55,61H,8-10,21-23,27-29H2,1-7H3,(H,56,64)(H,58,62)(H,59,63)/t36-,40+,43?,47-,48-/m1/s1. The quantitative estimate of drug-likeness (QED) is 0.0591. The second-order valence-corrected chi connectivity index (χ2v) is 21.0. The number of aliphatic hydroxyl groups excluding tert-OH is 1. The molecule has 1 saturated carbocycles. The monoisotopic (exact) mass is 964 g/mol. The Morgan fingerprint density at radius 1 is 0.971 bits per heavy atom. The highest BCUT2D eigenvalue weighted by atomic mass is 35.5. The number of β-amino-alcohol motifs (C(OH)–C–C–N with tert-alkyl or cyclic N) is 1. The lowest BCUT2D eigenvalue weighted by Crippen LogP contribution is -2.74. The second-order valence-electron chi connectivity index (χ2n) is 19.7. The number of hydrogen-bond donors (Lipinski definition) is 5. The summed E-state index contributed by atoms with van der Waals surface area (Å²) in [4.78, 5) is 60.0. The van der Waals surface area contributed by atoms with Gasteiger partial charge < -0.3 is 40.7 Å². The van der Waals surface area contributed by atoms with Crippen LogP contribution < -0.4 is 26.0 Å². The zero-order chi connectivity index (χ0) is 49.4. The van der Waals surface area contributed by atoms with Crippen LogP contribution in [-0.2, 0) is 25.7 Å². The molecule has 0 bridgehead atoms. The number of nitrogens with zero attached hydrogens (tertiary/aromatic N) is 4. The maximum Gasteiger partial charge on any atom is 0.251 e. The number of nitrogens with one attached hydrogen (secondary N) is 4. The van der Waals surface area contributed by atoms with Crippen molar-refractivity contribution in [2.45, 2.75) is 111 Å². The van der Waals surface area contributed by atoms with Gasteiger partial charge in [0.05, 0.1) is 27.1 Å². The Morgan fingerprint density at radius 2 is 1.68 bits per heavy atom. The van der Waals surface area contributed by atoms with Crippen LogP contribution in [0.5, 0.6) is 5.75 Å². The lowest BCUT2D eigenvalue weighted by atomic mass is 9.49. The summed E-state index contributed by atoms with van der Waals surface area (Å²) < 4.78 is 12.0. The third-order valence-electron chi connectivity index (χ3n) is 12.7. The van der Waals surface area contributed by atoms with Gasteiger partial charge in [0.15, 0.2) is 5.69 Å². The number of halogens is 1. The molecule has 0 spiro atoms. The molecule has 0 radical (unpaired) electrons. The van der Waals surface area contributed by atoms with Gasteiger partial charge in [-0.25, -0.2) is 4.98 Å². The van der Waals surface area contributed by atoms with E-state index in [1.807, 2.05) is 57.2 Å². The van der Waals surface area contributed by atoms with Crippen LogP contribution in [-0.4, -0.2) is 95.3 Å². The molecule has 1 saturated heterocycles. The fourth-order valence-corrected chi connectivity index (χ4v) is 10.3. The number of thiazole rings is 1.